The minimum absolute atomic E-state index is 0.149. The van der Waals surface area contributed by atoms with Gasteiger partial charge in [0.15, 0.2) is 0 Å². The smallest absolute Gasteiger partial charge is 0.254 e. The Hall–Kier alpha value is -1.35. The molecule has 0 aliphatic carbocycles. The van der Waals surface area contributed by atoms with Crippen LogP contribution in [0, 0.1) is 13.8 Å². The first-order valence-electron chi connectivity index (χ1n) is 6.51. The van der Waals surface area contributed by atoms with E-state index in [1.54, 1.807) is 7.11 Å². The molecule has 0 bridgehead atoms. The fraction of sp³-hybridized carbons (Fsp3) is 0.533. The summed E-state index contributed by atoms with van der Waals surface area (Å²) in [7, 11) is 1.69. The van der Waals surface area contributed by atoms with Gasteiger partial charge in [0.05, 0.1) is 12.6 Å². The van der Waals surface area contributed by atoms with Crippen molar-refractivity contribution in [1.29, 1.82) is 0 Å². The molecule has 1 atom stereocenters. The van der Waals surface area contributed by atoms with E-state index in [9.17, 15) is 4.79 Å². The second-order valence-corrected chi connectivity index (χ2v) is 5.00. The van der Waals surface area contributed by atoms with Gasteiger partial charge in [-0.2, -0.15) is 0 Å². The van der Waals surface area contributed by atoms with Crippen LogP contribution in [0.1, 0.15) is 34.3 Å². The molecule has 1 amide bonds. The van der Waals surface area contributed by atoms with Crippen molar-refractivity contribution in [3.8, 4) is 0 Å². The average Bonchev–Trinajstić information content (AvgIpc) is 2.80. The number of ether oxygens (including phenoxy) is 1. The number of methoxy groups -OCH3 is 1. The van der Waals surface area contributed by atoms with Gasteiger partial charge in [0.2, 0.25) is 0 Å². The molecule has 1 aromatic carbocycles. The molecule has 1 aliphatic rings. The Morgan fingerprint density at radius 2 is 2.22 bits per heavy atom. The summed E-state index contributed by atoms with van der Waals surface area (Å²) >= 11 is 0. The van der Waals surface area contributed by atoms with E-state index in [2.05, 4.69) is 0 Å². The van der Waals surface area contributed by atoms with Crippen molar-refractivity contribution in [3.05, 3.63) is 34.9 Å². The Balaban J connectivity index is 2.23. The summed E-state index contributed by atoms with van der Waals surface area (Å²) in [5.74, 6) is 0.149. The molecule has 0 saturated carbocycles. The zero-order chi connectivity index (χ0) is 13.1. The van der Waals surface area contributed by atoms with Crippen LogP contribution in [0.2, 0.25) is 0 Å². The van der Waals surface area contributed by atoms with Crippen molar-refractivity contribution in [2.24, 2.45) is 0 Å². The number of carbonyl (C=O) groups is 1. The summed E-state index contributed by atoms with van der Waals surface area (Å²) in [6.45, 7) is 5.55. The fourth-order valence-electron chi connectivity index (χ4n) is 2.61. The Morgan fingerprint density at radius 1 is 1.44 bits per heavy atom. The van der Waals surface area contributed by atoms with E-state index < -0.39 is 0 Å². The standard InChI is InChI=1S/C15H21NO2/c1-11-6-4-8-14(12(11)2)15(17)16-9-5-7-13(16)10-18-3/h4,6,8,13H,5,7,9-10H2,1-3H3/t13-/m0/s1. The summed E-state index contributed by atoms with van der Waals surface area (Å²) in [5, 5.41) is 0. The maximum atomic E-state index is 12.6. The summed E-state index contributed by atoms with van der Waals surface area (Å²) in [5.41, 5.74) is 3.09. The molecule has 2 rings (SSSR count). The molecule has 3 nitrogen and oxygen atoms in total. The SMILES string of the molecule is COC[C@@H]1CCCN1C(=O)c1cccc(C)c1C. The lowest BCUT2D eigenvalue weighted by atomic mass is 10.0. The van der Waals surface area contributed by atoms with Gasteiger partial charge in [-0.3, -0.25) is 4.79 Å². The normalized spacial score (nSPS) is 19.3. The highest BCUT2D eigenvalue weighted by molar-refractivity contribution is 5.96. The highest BCUT2D eigenvalue weighted by Gasteiger charge is 2.29. The number of rotatable bonds is 3. The third-order valence-electron chi connectivity index (χ3n) is 3.83. The topological polar surface area (TPSA) is 29.5 Å². The van der Waals surface area contributed by atoms with Crippen molar-refractivity contribution in [2.45, 2.75) is 32.7 Å². The lowest BCUT2D eigenvalue weighted by Gasteiger charge is -2.25. The van der Waals surface area contributed by atoms with E-state index in [-0.39, 0.29) is 11.9 Å². The predicted octanol–water partition coefficient (Wildman–Crippen LogP) is 2.55. The number of carbonyl (C=O) groups excluding carboxylic acids is 1. The van der Waals surface area contributed by atoms with E-state index >= 15 is 0 Å². The first-order valence-corrected chi connectivity index (χ1v) is 6.51. The van der Waals surface area contributed by atoms with Gasteiger partial charge in [-0.1, -0.05) is 12.1 Å². The van der Waals surface area contributed by atoms with Gasteiger partial charge in [-0.25, -0.2) is 0 Å². The number of benzene rings is 1. The van der Waals surface area contributed by atoms with Crippen LogP contribution in [0.15, 0.2) is 18.2 Å². The first-order chi connectivity index (χ1) is 8.65. The molecule has 0 unspecified atom stereocenters. The van der Waals surface area contributed by atoms with Crippen LogP contribution in [-0.2, 0) is 4.74 Å². The fourth-order valence-corrected chi connectivity index (χ4v) is 2.61. The number of amides is 1. The van der Waals surface area contributed by atoms with E-state index in [0.29, 0.717) is 6.61 Å². The minimum Gasteiger partial charge on any atom is -0.383 e. The Morgan fingerprint density at radius 3 is 2.94 bits per heavy atom. The number of hydrogen-bond donors (Lipinski definition) is 0. The van der Waals surface area contributed by atoms with Gasteiger partial charge in [0.1, 0.15) is 0 Å². The molecule has 1 heterocycles. The maximum Gasteiger partial charge on any atom is 0.254 e. The number of hydrogen-bond acceptors (Lipinski definition) is 2. The zero-order valence-electron chi connectivity index (χ0n) is 11.4. The second-order valence-electron chi connectivity index (χ2n) is 5.00. The molecule has 3 heteroatoms. The van der Waals surface area contributed by atoms with Crippen molar-refractivity contribution in [2.75, 3.05) is 20.3 Å². The second kappa shape index (κ2) is 5.53. The molecule has 0 spiro atoms. The van der Waals surface area contributed by atoms with Gasteiger partial charge in [-0.05, 0) is 43.9 Å². The van der Waals surface area contributed by atoms with Gasteiger partial charge >= 0.3 is 0 Å². The van der Waals surface area contributed by atoms with E-state index in [1.807, 2.05) is 36.9 Å². The summed E-state index contributed by atoms with van der Waals surface area (Å²) in [4.78, 5) is 14.5. The molecule has 1 aromatic rings. The lowest BCUT2D eigenvalue weighted by Crippen LogP contribution is -2.38. The third kappa shape index (κ3) is 2.41. The maximum absolute atomic E-state index is 12.6. The van der Waals surface area contributed by atoms with Crippen LogP contribution in [0.5, 0.6) is 0 Å². The van der Waals surface area contributed by atoms with Crippen LogP contribution < -0.4 is 0 Å². The highest BCUT2D eigenvalue weighted by Crippen LogP contribution is 2.22. The van der Waals surface area contributed by atoms with E-state index in [1.165, 1.54) is 5.56 Å². The number of likely N-dealkylation sites (tertiary alicyclic amines) is 1. The van der Waals surface area contributed by atoms with Gasteiger partial charge < -0.3 is 9.64 Å². The van der Waals surface area contributed by atoms with Crippen LogP contribution in [0.4, 0.5) is 0 Å². The van der Waals surface area contributed by atoms with Gasteiger partial charge in [0, 0.05) is 19.2 Å². The zero-order valence-corrected chi connectivity index (χ0v) is 11.4. The summed E-state index contributed by atoms with van der Waals surface area (Å²) < 4.78 is 5.20. The van der Waals surface area contributed by atoms with Crippen molar-refractivity contribution in [1.82, 2.24) is 4.90 Å². The van der Waals surface area contributed by atoms with Crippen molar-refractivity contribution >= 4 is 5.91 Å². The van der Waals surface area contributed by atoms with Crippen LogP contribution in [-0.4, -0.2) is 37.1 Å². The minimum atomic E-state index is 0.149. The van der Waals surface area contributed by atoms with Crippen LogP contribution >= 0.6 is 0 Å². The molecule has 1 saturated heterocycles. The average molecular weight is 247 g/mol. The Bertz CT molecular complexity index is 442. The van der Waals surface area contributed by atoms with Gasteiger partial charge in [0.25, 0.3) is 5.91 Å². The molecular formula is C15H21NO2. The molecule has 98 valence electrons. The lowest BCUT2D eigenvalue weighted by molar-refractivity contribution is 0.0630. The molecular weight excluding hydrogens is 226 g/mol. The van der Waals surface area contributed by atoms with E-state index in [0.717, 1.165) is 30.5 Å². The summed E-state index contributed by atoms with van der Waals surface area (Å²) in [6.07, 6.45) is 2.12. The predicted molar refractivity (Wildman–Crippen MR) is 71.9 cm³/mol. The Labute approximate surface area is 109 Å². The first kappa shape index (κ1) is 13.1. The van der Waals surface area contributed by atoms with Crippen molar-refractivity contribution < 1.29 is 9.53 Å². The highest BCUT2D eigenvalue weighted by atomic mass is 16.5. The molecule has 1 fully saturated rings. The number of nitrogens with zero attached hydrogens (tertiary/aromatic N) is 1. The van der Waals surface area contributed by atoms with Gasteiger partial charge in [-0.15, -0.1) is 0 Å². The molecule has 18 heavy (non-hydrogen) atoms. The third-order valence-corrected chi connectivity index (χ3v) is 3.83. The van der Waals surface area contributed by atoms with Crippen LogP contribution in [0.3, 0.4) is 0 Å². The quantitative estimate of drug-likeness (QED) is 0.821. The van der Waals surface area contributed by atoms with E-state index in [4.69, 9.17) is 4.74 Å². The monoisotopic (exact) mass is 247 g/mol. The van der Waals surface area contributed by atoms with Crippen LogP contribution in [0.25, 0.3) is 0 Å². The molecule has 0 radical (unpaired) electrons. The molecule has 1 aliphatic heterocycles. The Kier molecular flexibility index (Phi) is 4.02. The largest absolute Gasteiger partial charge is 0.383 e. The molecule has 0 aromatic heterocycles. The van der Waals surface area contributed by atoms with Crippen molar-refractivity contribution in [3.63, 3.8) is 0 Å². The molecule has 0 N–H and O–H groups in total. The number of aryl methyl sites for hydroxylation is 1. The summed E-state index contributed by atoms with van der Waals surface area (Å²) in [6, 6.07) is 6.16.